The van der Waals surface area contributed by atoms with Crippen molar-refractivity contribution in [2.75, 3.05) is 23.3 Å². The maximum Gasteiger partial charge on any atom is 0.254 e. The lowest BCUT2D eigenvalue weighted by molar-refractivity contribution is 0.575. The fraction of sp³-hybridized carbons (Fsp3) is 0.381. The van der Waals surface area contributed by atoms with E-state index in [2.05, 4.69) is 25.6 Å². The van der Waals surface area contributed by atoms with Crippen molar-refractivity contribution in [3.63, 3.8) is 0 Å². The molecule has 0 radical (unpaired) electrons. The van der Waals surface area contributed by atoms with E-state index in [1.807, 2.05) is 32.0 Å². The number of aromatic nitrogens is 4. The third-order valence-electron chi connectivity index (χ3n) is 5.69. The first kappa shape index (κ1) is 18.1. The second kappa shape index (κ2) is 6.81. The number of rotatable bonds is 4. The van der Waals surface area contributed by atoms with E-state index in [1.165, 1.54) is 6.07 Å². The number of hydrogen-bond donors (Lipinski definition) is 2. The Morgan fingerprint density at radius 1 is 1.14 bits per heavy atom. The van der Waals surface area contributed by atoms with Crippen LogP contribution in [0.15, 0.2) is 30.3 Å². The van der Waals surface area contributed by atoms with Crippen LogP contribution >= 0.6 is 0 Å². The number of nitrogens with zero attached hydrogens (tertiary/aromatic N) is 5. The van der Waals surface area contributed by atoms with Gasteiger partial charge in [-0.3, -0.25) is 0 Å². The summed E-state index contributed by atoms with van der Waals surface area (Å²) in [6, 6.07) is 9.98. The molecule has 2 aromatic heterocycles. The zero-order valence-electron chi connectivity index (χ0n) is 16.8. The maximum atomic E-state index is 14.0. The van der Waals surface area contributed by atoms with Crippen LogP contribution in [0.4, 0.5) is 21.7 Å². The van der Waals surface area contributed by atoms with E-state index < -0.39 is 0 Å². The Bertz CT molecular complexity index is 1080. The predicted molar refractivity (Wildman–Crippen MR) is 111 cm³/mol. The summed E-state index contributed by atoms with van der Waals surface area (Å²) in [4.78, 5) is 11.8. The zero-order chi connectivity index (χ0) is 20.1. The van der Waals surface area contributed by atoms with Crippen molar-refractivity contribution in [1.82, 2.24) is 25.1 Å². The molecule has 0 amide bonds. The quantitative estimate of drug-likeness (QED) is 0.710. The molecule has 5 rings (SSSR count). The molecule has 0 aliphatic carbocycles. The van der Waals surface area contributed by atoms with E-state index in [4.69, 9.17) is 4.98 Å². The molecule has 0 unspecified atom stereocenters. The van der Waals surface area contributed by atoms with Gasteiger partial charge in [0.25, 0.3) is 5.95 Å². The molecule has 2 fully saturated rings. The summed E-state index contributed by atoms with van der Waals surface area (Å²) in [6.07, 6.45) is 1.13. The van der Waals surface area contributed by atoms with Crippen molar-refractivity contribution in [2.24, 2.45) is 0 Å². The Kier molecular flexibility index (Phi) is 4.24. The molecule has 8 heteroatoms. The Morgan fingerprint density at radius 2 is 2.00 bits per heavy atom. The Balaban J connectivity index is 1.56. The van der Waals surface area contributed by atoms with Crippen LogP contribution in [0.1, 0.15) is 23.4 Å². The van der Waals surface area contributed by atoms with E-state index in [0.717, 1.165) is 36.7 Å². The number of fused-ring (bicyclic) bond motifs is 2. The van der Waals surface area contributed by atoms with Gasteiger partial charge in [-0.2, -0.15) is 15.1 Å². The molecule has 0 saturated carbocycles. The smallest absolute Gasteiger partial charge is 0.254 e. The average Bonchev–Trinajstić information content (AvgIpc) is 3.40. The van der Waals surface area contributed by atoms with Crippen LogP contribution in [0.3, 0.4) is 0 Å². The highest BCUT2D eigenvalue weighted by molar-refractivity contribution is 5.62. The van der Waals surface area contributed by atoms with E-state index >= 15 is 0 Å². The van der Waals surface area contributed by atoms with Crippen LogP contribution in [0.2, 0.25) is 0 Å². The molecular formula is C21H24FN7. The molecular weight excluding hydrogens is 369 g/mol. The lowest BCUT2D eigenvalue weighted by Crippen LogP contribution is -2.44. The third-order valence-corrected chi connectivity index (χ3v) is 5.69. The molecule has 2 bridgehead atoms. The number of aryl methyl sites for hydroxylation is 3. The minimum absolute atomic E-state index is 0.244. The summed E-state index contributed by atoms with van der Waals surface area (Å²) in [5, 5.41) is 11.3. The van der Waals surface area contributed by atoms with E-state index in [1.54, 1.807) is 17.7 Å². The van der Waals surface area contributed by atoms with Gasteiger partial charge in [-0.25, -0.2) is 9.07 Å². The van der Waals surface area contributed by atoms with Crippen molar-refractivity contribution in [3.05, 3.63) is 53.1 Å². The van der Waals surface area contributed by atoms with Gasteiger partial charge < -0.3 is 15.5 Å². The Labute approximate surface area is 169 Å². The number of hydrogen-bond acceptors (Lipinski definition) is 6. The maximum absolute atomic E-state index is 14.0. The fourth-order valence-corrected chi connectivity index (χ4v) is 4.22. The van der Waals surface area contributed by atoms with Gasteiger partial charge in [0, 0.05) is 42.6 Å². The molecule has 2 aliphatic heterocycles. The van der Waals surface area contributed by atoms with E-state index in [9.17, 15) is 4.39 Å². The molecule has 150 valence electrons. The first-order chi connectivity index (χ1) is 14.0. The summed E-state index contributed by atoms with van der Waals surface area (Å²) < 4.78 is 15.8. The Morgan fingerprint density at radius 3 is 2.66 bits per heavy atom. The molecule has 4 heterocycles. The molecule has 1 aromatic carbocycles. The van der Waals surface area contributed by atoms with Gasteiger partial charge in [0.15, 0.2) is 0 Å². The second-order valence-electron chi connectivity index (χ2n) is 7.99. The lowest BCUT2D eigenvalue weighted by atomic mass is 10.2. The SMILES string of the molecule is Cc1cc(C)n(-c2nc(Nc3ccc(C)c(F)c3)cc(N3C[C@H]4C[C@@H]3CN4)n2)n1. The van der Waals surface area contributed by atoms with E-state index in [-0.39, 0.29) is 5.82 Å². The van der Waals surface area contributed by atoms with E-state index in [0.29, 0.717) is 35.1 Å². The zero-order valence-corrected chi connectivity index (χ0v) is 16.8. The second-order valence-corrected chi connectivity index (χ2v) is 7.99. The van der Waals surface area contributed by atoms with Crippen LogP contribution in [0.25, 0.3) is 5.95 Å². The topological polar surface area (TPSA) is 70.9 Å². The van der Waals surface area contributed by atoms with Crippen molar-refractivity contribution in [3.8, 4) is 5.95 Å². The molecule has 0 spiro atoms. The number of halogens is 1. The average molecular weight is 393 g/mol. The van der Waals surface area contributed by atoms with Crippen molar-refractivity contribution < 1.29 is 4.39 Å². The van der Waals surface area contributed by atoms with Crippen LogP contribution in [-0.4, -0.2) is 44.9 Å². The molecule has 3 aromatic rings. The normalized spacial score (nSPS) is 20.5. The molecule has 7 nitrogen and oxygen atoms in total. The highest BCUT2D eigenvalue weighted by Gasteiger charge is 2.38. The number of benzene rings is 1. The van der Waals surface area contributed by atoms with Gasteiger partial charge in [-0.15, -0.1) is 0 Å². The number of piperazine rings is 1. The van der Waals surface area contributed by atoms with Gasteiger partial charge in [0.05, 0.1) is 5.69 Å². The third kappa shape index (κ3) is 3.33. The number of nitrogens with one attached hydrogen (secondary N) is 2. The molecule has 2 atom stereocenters. The first-order valence-electron chi connectivity index (χ1n) is 9.92. The van der Waals surface area contributed by atoms with Crippen LogP contribution in [-0.2, 0) is 0 Å². The molecule has 2 saturated heterocycles. The van der Waals surface area contributed by atoms with Crippen molar-refractivity contribution in [2.45, 2.75) is 39.3 Å². The predicted octanol–water partition coefficient (Wildman–Crippen LogP) is 3.02. The molecule has 2 N–H and O–H groups in total. The van der Waals surface area contributed by atoms with Gasteiger partial charge in [-0.05, 0) is 51.0 Å². The fourth-order valence-electron chi connectivity index (χ4n) is 4.22. The minimum Gasteiger partial charge on any atom is -0.350 e. The van der Waals surface area contributed by atoms with Crippen LogP contribution in [0, 0.1) is 26.6 Å². The highest BCUT2D eigenvalue weighted by Crippen LogP contribution is 2.30. The van der Waals surface area contributed by atoms with Gasteiger partial charge in [0.2, 0.25) is 0 Å². The summed E-state index contributed by atoms with van der Waals surface area (Å²) >= 11 is 0. The molecule has 2 aliphatic rings. The van der Waals surface area contributed by atoms with Crippen molar-refractivity contribution in [1.29, 1.82) is 0 Å². The van der Waals surface area contributed by atoms with Gasteiger partial charge >= 0.3 is 0 Å². The Hall–Kier alpha value is -3.00. The largest absolute Gasteiger partial charge is 0.350 e. The van der Waals surface area contributed by atoms with Gasteiger partial charge in [-0.1, -0.05) is 6.07 Å². The van der Waals surface area contributed by atoms with Crippen molar-refractivity contribution >= 4 is 17.3 Å². The first-order valence-corrected chi connectivity index (χ1v) is 9.92. The minimum atomic E-state index is -0.244. The summed E-state index contributed by atoms with van der Waals surface area (Å²) in [6.45, 7) is 7.58. The van der Waals surface area contributed by atoms with Crippen LogP contribution < -0.4 is 15.5 Å². The summed E-state index contributed by atoms with van der Waals surface area (Å²) in [7, 11) is 0. The lowest BCUT2D eigenvalue weighted by Gasteiger charge is -2.29. The summed E-state index contributed by atoms with van der Waals surface area (Å²) in [5.74, 6) is 1.76. The van der Waals surface area contributed by atoms with Crippen LogP contribution in [0.5, 0.6) is 0 Å². The highest BCUT2D eigenvalue weighted by atomic mass is 19.1. The van der Waals surface area contributed by atoms with Gasteiger partial charge in [0.1, 0.15) is 17.5 Å². The monoisotopic (exact) mass is 393 g/mol. The standard InChI is InChI=1S/C21H24FN7/c1-12-4-5-15(8-18(12)22)24-19-9-20(28-11-16-7-17(28)10-23-16)26-21(25-19)29-14(3)6-13(2)27-29/h4-6,8-9,16-17,23H,7,10-11H2,1-3H3,(H,24,25,26)/t16-,17-/m1/s1. The summed E-state index contributed by atoms with van der Waals surface area (Å²) in [5.41, 5.74) is 3.15. The molecule has 29 heavy (non-hydrogen) atoms. The number of anilines is 3.